The van der Waals surface area contributed by atoms with Crippen molar-refractivity contribution in [2.24, 2.45) is 0 Å². The molecule has 0 unspecified atom stereocenters. The molecule has 0 rings (SSSR count). The van der Waals surface area contributed by atoms with E-state index in [-0.39, 0.29) is 10.0 Å². The van der Waals surface area contributed by atoms with E-state index in [2.05, 4.69) is 76.5 Å². The van der Waals surface area contributed by atoms with Crippen LogP contribution < -0.4 is 0 Å². The number of hydrogen-bond acceptors (Lipinski definition) is 2. The predicted molar refractivity (Wildman–Crippen MR) is 107 cm³/mol. The zero-order valence-electron chi connectivity index (χ0n) is 15.7. The molecule has 21 heavy (non-hydrogen) atoms. The van der Waals surface area contributed by atoms with Crippen LogP contribution in [0.2, 0.25) is 0 Å². The van der Waals surface area contributed by atoms with Gasteiger partial charge in [0.1, 0.15) is 0 Å². The van der Waals surface area contributed by atoms with Crippen LogP contribution in [-0.2, 0) is 11.7 Å². The van der Waals surface area contributed by atoms with Crippen LogP contribution in [-0.4, -0.2) is 53.7 Å². The van der Waals surface area contributed by atoms with E-state index in [4.69, 9.17) is 0 Å². The topological polar surface area (TPSA) is 0 Å². The molecule has 0 heterocycles. The zero-order chi connectivity index (χ0) is 17.4. The van der Waals surface area contributed by atoms with Crippen LogP contribution >= 0.6 is 31.1 Å². The molecule has 0 amide bonds. The van der Waals surface area contributed by atoms with E-state index in [9.17, 15) is 0 Å². The predicted octanol–water partition coefficient (Wildman–Crippen LogP) is 6.05. The maximum atomic E-state index is 4.21. The first-order valence-corrected chi connectivity index (χ1v) is 14.0. The molecule has 0 atom stereocenters. The van der Waals surface area contributed by atoms with E-state index >= 15 is 0 Å². The van der Waals surface area contributed by atoms with Crippen molar-refractivity contribution >= 4 is 31.1 Å². The van der Waals surface area contributed by atoms with E-state index in [1.807, 2.05) is 0 Å². The van der Waals surface area contributed by atoms with Crippen LogP contribution in [0.1, 0.15) is 55.4 Å². The maximum absolute atomic E-state index is 4.21. The molecular formula is C16H40FeNS3+. The second-order valence-corrected chi connectivity index (χ2v) is 11.9. The van der Waals surface area contributed by atoms with Gasteiger partial charge in [-0.1, -0.05) is 27.7 Å². The van der Waals surface area contributed by atoms with Crippen molar-refractivity contribution in [2.75, 3.05) is 49.2 Å². The van der Waals surface area contributed by atoms with Crippen molar-refractivity contribution in [3.8, 4) is 0 Å². The summed E-state index contributed by atoms with van der Waals surface area (Å²) in [6.07, 6.45) is 0. The molecule has 134 valence electrons. The molecule has 0 fully saturated rings. The van der Waals surface area contributed by atoms with Gasteiger partial charge < -0.3 is 4.48 Å². The quantitative estimate of drug-likeness (QED) is 0.361. The molecule has 0 radical (unpaired) electrons. The molecule has 0 aliphatic carbocycles. The second kappa shape index (κ2) is 17.6. The number of nitrogens with zero attached hydrogens (tertiary/aromatic N) is 1. The van der Waals surface area contributed by atoms with Crippen LogP contribution in [0.15, 0.2) is 0 Å². The minimum absolute atomic E-state index is 0.148. The molecule has 0 N–H and O–H groups in total. The number of quaternary nitrogens is 1. The fourth-order valence-electron chi connectivity index (χ4n) is 2.57. The summed E-state index contributed by atoms with van der Waals surface area (Å²) in [5.41, 5.74) is 0. The standard InChI is InChI=1S/C8H20N.C8H20S.Fe.2S/c2*1-5-9(6-2,7-3)8-4;;;/h2*5-8H2,1-4H3;;;/q+1;;;;. The molecule has 0 saturated heterocycles. The van der Waals surface area contributed by atoms with Crippen molar-refractivity contribution in [2.45, 2.75) is 55.4 Å². The Morgan fingerprint density at radius 1 is 0.619 bits per heavy atom. The summed E-state index contributed by atoms with van der Waals surface area (Å²) in [4.78, 5) is 0. The zero-order valence-corrected chi connectivity index (χ0v) is 19.2. The summed E-state index contributed by atoms with van der Waals surface area (Å²) in [7, 11) is 8.27. The molecule has 0 aromatic rings. The van der Waals surface area contributed by atoms with Gasteiger partial charge in [0.05, 0.1) is 26.2 Å². The normalized spacial score (nSPS) is 11.8. The molecule has 0 spiro atoms. The Hall–Kier alpha value is 1.27. The van der Waals surface area contributed by atoms with Gasteiger partial charge in [-0.25, -0.2) is 10.0 Å². The van der Waals surface area contributed by atoms with Gasteiger partial charge in [-0.2, -0.15) is 0 Å². The Kier molecular flexibility index (Phi) is 22.8. The van der Waals surface area contributed by atoms with Gasteiger partial charge in [-0.3, -0.25) is 0 Å². The van der Waals surface area contributed by atoms with Gasteiger partial charge in [0.25, 0.3) is 0 Å². The fourth-order valence-corrected chi connectivity index (χ4v) is 5.02. The monoisotopic (exact) mass is 398 g/mol. The first kappa shape index (κ1) is 27.1. The van der Waals surface area contributed by atoms with Gasteiger partial charge in [0, 0.05) is 0 Å². The summed E-state index contributed by atoms with van der Waals surface area (Å²) in [6.45, 7) is 23.6. The van der Waals surface area contributed by atoms with E-state index in [1.54, 1.807) is 0 Å². The Morgan fingerprint density at radius 3 is 0.810 bits per heavy atom. The third-order valence-electron chi connectivity index (χ3n) is 5.13. The molecule has 0 aromatic heterocycles. The summed E-state index contributed by atoms with van der Waals surface area (Å²) in [6, 6.07) is 0. The van der Waals surface area contributed by atoms with Crippen molar-refractivity contribution in [1.82, 2.24) is 0 Å². The minimum atomic E-state index is -0.148. The third kappa shape index (κ3) is 12.4. The van der Waals surface area contributed by atoms with E-state index < -0.39 is 0 Å². The molecule has 0 aliphatic heterocycles. The van der Waals surface area contributed by atoms with Crippen LogP contribution in [0.4, 0.5) is 0 Å². The van der Waals surface area contributed by atoms with Gasteiger partial charge in [0.15, 0.2) is 0 Å². The van der Waals surface area contributed by atoms with Gasteiger partial charge in [-0.05, 0) is 50.7 Å². The van der Waals surface area contributed by atoms with E-state index in [0.29, 0.717) is 11.7 Å². The SMILES string of the molecule is CCS(CC)(CC)CC.CC[N+](CC)(CC)CC.[S]=[Fe]=[S]. The van der Waals surface area contributed by atoms with Crippen molar-refractivity contribution in [3.05, 3.63) is 0 Å². The first-order valence-electron chi connectivity index (χ1n) is 8.37. The average molecular weight is 399 g/mol. The fraction of sp³-hybridized carbons (Fsp3) is 1.00. The molecule has 0 aromatic carbocycles. The first-order chi connectivity index (χ1) is 9.90. The van der Waals surface area contributed by atoms with Crippen LogP contribution in [0.5, 0.6) is 0 Å². The molecular weight excluding hydrogens is 358 g/mol. The van der Waals surface area contributed by atoms with Crippen LogP contribution in [0.25, 0.3) is 0 Å². The Labute approximate surface area is 151 Å². The van der Waals surface area contributed by atoms with E-state index in [0.717, 1.165) is 0 Å². The molecule has 0 bridgehead atoms. The molecule has 0 saturated carbocycles. The number of rotatable bonds is 8. The molecule has 1 nitrogen and oxygen atoms in total. The molecule has 5 heteroatoms. The summed E-state index contributed by atoms with van der Waals surface area (Å²) in [5, 5.41) is 0. The van der Waals surface area contributed by atoms with Gasteiger partial charge >= 0.3 is 32.8 Å². The van der Waals surface area contributed by atoms with Crippen molar-refractivity contribution in [1.29, 1.82) is 0 Å². The van der Waals surface area contributed by atoms with Crippen molar-refractivity contribution < 1.29 is 16.2 Å². The van der Waals surface area contributed by atoms with Crippen LogP contribution in [0.3, 0.4) is 0 Å². The van der Waals surface area contributed by atoms with Crippen LogP contribution in [0, 0.1) is 0 Å². The molecule has 0 aliphatic rings. The Bertz CT molecular complexity index is 191. The summed E-state index contributed by atoms with van der Waals surface area (Å²) in [5.74, 6) is 5.71. The van der Waals surface area contributed by atoms with Gasteiger partial charge in [0.2, 0.25) is 0 Å². The summed E-state index contributed by atoms with van der Waals surface area (Å²) >= 11 is 0.417. The van der Waals surface area contributed by atoms with Crippen molar-refractivity contribution in [3.63, 3.8) is 0 Å². The average Bonchev–Trinajstić information content (AvgIpc) is 2.54. The van der Waals surface area contributed by atoms with Gasteiger partial charge in [-0.15, -0.1) is 0 Å². The second-order valence-electron chi connectivity index (χ2n) is 5.04. The Morgan fingerprint density at radius 2 is 0.810 bits per heavy atom. The Balaban J connectivity index is -0.000000260. The third-order valence-corrected chi connectivity index (χ3v) is 10.0. The summed E-state index contributed by atoms with van der Waals surface area (Å²) < 4.78 is 1.28. The van der Waals surface area contributed by atoms with E-state index in [1.165, 1.54) is 53.7 Å². The number of hydrogen-bond donors (Lipinski definition) is 0.